The second-order valence-corrected chi connectivity index (χ2v) is 6.04. The van der Waals surface area contributed by atoms with Crippen molar-refractivity contribution in [2.45, 2.75) is 38.6 Å². The molecule has 0 spiro atoms. The number of anilines is 1. The highest BCUT2D eigenvalue weighted by molar-refractivity contribution is 6.33. The van der Waals surface area contributed by atoms with Gasteiger partial charge in [0.1, 0.15) is 5.82 Å². The molecule has 0 heterocycles. The van der Waals surface area contributed by atoms with Crippen molar-refractivity contribution in [1.82, 2.24) is 0 Å². The number of benzene rings is 1. The first kappa shape index (κ1) is 14.6. The van der Waals surface area contributed by atoms with E-state index in [2.05, 4.69) is 12.2 Å². The average Bonchev–Trinajstić information content (AvgIpc) is 2.41. The first-order valence-electron chi connectivity index (χ1n) is 7.01. The van der Waals surface area contributed by atoms with Crippen LogP contribution in [0.4, 0.5) is 10.1 Å². The van der Waals surface area contributed by atoms with E-state index >= 15 is 0 Å². The van der Waals surface area contributed by atoms with Gasteiger partial charge in [-0.1, -0.05) is 31.4 Å². The predicted octanol–water partition coefficient (Wildman–Crippen LogP) is 4.04. The van der Waals surface area contributed by atoms with Gasteiger partial charge in [-0.05, 0) is 42.9 Å². The lowest BCUT2D eigenvalue weighted by Gasteiger charge is -2.33. The van der Waals surface area contributed by atoms with Crippen LogP contribution in [0.25, 0.3) is 0 Å². The number of nitrogens with one attached hydrogen (secondary N) is 1. The first-order valence-corrected chi connectivity index (χ1v) is 7.39. The van der Waals surface area contributed by atoms with Crippen LogP contribution in [0, 0.1) is 17.7 Å². The fourth-order valence-corrected chi connectivity index (χ4v) is 3.04. The summed E-state index contributed by atoms with van der Waals surface area (Å²) in [6.07, 6.45) is 4.87. The van der Waals surface area contributed by atoms with Gasteiger partial charge in [0.2, 0.25) is 0 Å². The minimum Gasteiger partial charge on any atom is -0.379 e. The molecule has 2 nitrogen and oxygen atoms in total. The summed E-state index contributed by atoms with van der Waals surface area (Å²) >= 11 is 6.09. The second-order valence-electron chi connectivity index (χ2n) is 5.63. The van der Waals surface area contributed by atoms with Crippen molar-refractivity contribution in [2.24, 2.45) is 17.6 Å². The number of hydrogen-bond acceptors (Lipinski definition) is 2. The molecule has 3 N–H and O–H groups in total. The zero-order chi connectivity index (χ0) is 13.8. The van der Waals surface area contributed by atoms with Crippen molar-refractivity contribution < 1.29 is 4.39 Å². The van der Waals surface area contributed by atoms with E-state index in [9.17, 15) is 4.39 Å². The third-order valence-corrected chi connectivity index (χ3v) is 4.48. The van der Waals surface area contributed by atoms with E-state index in [0.717, 1.165) is 5.92 Å². The highest BCUT2D eigenvalue weighted by atomic mass is 35.5. The maximum absolute atomic E-state index is 13.3. The van der Waals surface area contributed by atoms with Gasteiger partial charge in [-0.3, -0.25) is 0 Å². The summed E-state index contributed by atoms with van der Waals surface area (Å²) in [6, 6.07) is 4.56. The van der Waals surface area contributed by atoms with E-state index < -0.39 is 0 Å². The van der Waals surface area contributed by atoms with Crippen molar-refractivity contribution in [3.05, 3.63) is 29.0 Å². The van der Waals surface area contributed by atoms with Crippen LogP contribution in [-0.4, -0.2) is 12.6 Å². The third-order valence-electron chi connectivity index (χ3n) is 4.15. The fourth-order valence-electron chi connectivity index (χ4n) is 2.87. The maximum atomic E-state index is 13.3. The van der Waals surface area contributed by atoms with Crippen LogP contribution >= 0.6 is 11.6 Å². The minimum absolute atomic E-state index is 0.173. The van der Waals surface area contributed by atoms with Gasteiger partial charge in [-0.15, -0.1) is 0 Å². The standard InChI is InChI=1S/C15H22ClFN2/c1-10-2-4-11(5-3-10)15(9-18)19-14-8-12(17)6-7-13(14)16/h6-8,10-11,15,19H,2-5,9,18H2,1H3. The van der Waals surface area contributed by atoms with Crippen molar-refractivity contribution in [1.29, 1.82) is 0 Å². The van der Waals surface area contributed by atoms with Crippen molar-refractivity contribution in [3.8, 4) is 0 Å². The molecule has 1 unspecified atom stereocenters. The summed E-state index contributed by atoms with van der Waals surface area (Å²) < 4.78 is 13.3. The Hall–Kier alpha value is -0.800. The Labute approximate surface area is 119 Å². The van der Waals surface area contributed by atoms with E-state index in [1.165, 1.54) is 37.8 Å². The van der Waals surface area contributed by atoms with Crippen molar-refractivity contribution >= 4 is 17.3 Å². The zero-order valence-electron chi connectivity index (χ0n) is 11.3. The molecule has 2 rings (SSSR count). The van der Waals surface area contributed by atoms with Crippen LogP contribution in [0.5, 0.6) is 0 Å². The molecule has 1 aliphatic rings. The molecule has 1 aliphatic carbocycles. The highest BCUT2D eigenvalue weighted by Gasteiger charge is 2.25. The number of halogens is 2. The summed E-state index contributed by atoms with van der Waals surface area (Å²) in [5, 5.41) is 3.87. The summed E-state index contributed by atoms with van der Waals surface area (Å²) in [6.45, 7) is 2.84. The molecule has 0 saturated heterocycles. The van der Waals surface area contributed by atoms with Gasteiger partial charge in [-0.2, -0.15) is 0 Å². The second kappa shape index (κ2) is 6.58. The Morgan fingerprint density at radius 3 is 2.68 bits per heavy atom. The molecule has 1 fully saturated rings. The summed E-state index contributed by atoms with van der Waals surface area (Å²) in [5.41, 5.74) is 6.52. The summed E-state index contributed by atoms with van der Waals surface area (Å²) in [7, 11) is 0. The van der Waals surface area contributed by atoms with Crippen LogP contribution in [0.3, 0.4) is 0 Å². The highest BCUT2D eigenvalue weighted by Crippen LogP contribution is 2.32. The molecule has 0 aromatic heterocycles. The SMILES string of the molecule is CC1CCC(C(CN)Nc2cc(F)ccc2Cl)CC1. The van der Waals surface area contributed by atoms with E-state index in [-0.39, 0.29) is 11.9 Å². The third kappa shape index (κ3) is 3.83. The molecule has 1 aromatic rings. The van der Waals surface area contributed by atoms with Gasteiger partial charge in [0.05, 0.1) is 10.7 Å². The molecule has 1 saturated carbocycles. The largest absolute Gasteiger partial charge is 0.379 e. The van der Waals surface area contributed by atoms with Crippen molar-refractivity contribution in [2.75, 3.05) is 11.9 Å². The van der Waals surface area contributed by atoms with Crippen LogP contribution in [-0.2, 0) is 0 Å². The van der Waals surface area contributed by atoms with Gasteiger partial charge in [0.15, 0.2) is 0 Å². The normalized spacial score (nSPS) is 25.1. The van der Waals surface area contributed by atoms with Crippen LogP contribution in [0.15, 0.2) is 18.2 Å². The van der Waals surface area contributed by atoms with Gasteiger partial charge in [0, 0.05) is 12.6 Å². The molecular weight excluding hydrogens is 263 g/mol. The fraction of sp³-hybridized carbons (Fsp3) is 0.600. The molecule has 106 valence electrons. The molecule has 19 heavy (non-hydrogen) atoms. The molecule has 1 aromatic carbocycles. The number of rotatable bonds is 4. The minimum atomic E-state index is -0.278. The molecule has 1 atom stereocenters. The monoisotopic (exact) mass is 284 g/mol. The van der Waals surface area contributed by atoms with E-state index in [1.807, 2.05) is 0 Å². The zero-order valence-corrected chi connectivity index (χ0v) is 12.1. The lowest BCUT2D eigenvalue weighted by molar-refractivity contribution is 0.265. The quantitative estimate of drug-likeness (QED) is 0.875. The Morgan fingerprint density at radius 1 is 1.37 bits per heavy atom. The summed E-state index contributed by atoms with van der Waals surface area (Å²) in [5.74, 6) is 1.09. The van der Waals surface area contributed by atoms with Gasteiger partial charge in [0.25, 0.3) is 0 Å². The molecular formula is C15H22ClFN2. The van der Waals surface area contributed by atoms with Crippen LogP contribution in [0.2, 0.25) is 5.02 Å². The average molecular weight is 285 g/mol. The Kier molecular flexibility index (Phi) is 5.06. The molecule has 4 heteroatoms. The topological polar surface area (TPSA) is 38.0 Å². The molecule has 0 amide bonds. The van der Waals surface area contributed by atoms with Crippen LogP contribution < -0.4 is 11.1 Å². The van der Waals surface area contributed by atoms with Gasteiger partial charge < -0.3 is 11.1 Å². The number of nitrogens with two attached hydrogens (primary N) is 1. The van der Waals surface area contributed by atoms with E-state index in [4.69, 9.17) is 17.3 Å². The lowest BCUT2D eigenvalue weighted by Crippen LogP contribution is -2.38. The van der Waals surface area contributed by atoms with E-state index in [1.54, 1.807) is 6.07 Å². The van der Waals surface area contributed by atoms with E-state index in [0.29, 0.717) is 23.2 Å². The Bertz CT molecular complexity index is 417. The Balaban J connectivity index is 2.04. The summed E-state index contributed by atoms with van der Waals surface area (Å²) in [4.78, 5) is 0. The van der Waals surface area contributed by atoms with Gasteiger partial charge >= 0.3 is 0 Å². The molecule has 0 bridgehead atoms. The smallest absolute Gasteiger partial charge is 0.125 e. The van der Waals surface area contributed by atoms with Gasteiger partial charge in [-0.25, -0.2) is 4.39 Å². The first-order chi connectivity index (χ1) is 9.10. The molecule has 0 aliphatic heterocycles. The Morgan fingerprint density at radius 2 is 2.05 bits per heavy atom. The van der Waals surface area contributed by atoms with Crippen molar-refractivity contribution in [3.63, 3.8) is 0 Å². The maximum Gasteiger partial charge on any atom is 0.125 e. The lowest BCUT2D eigenvalue weighted by atomic mass is 9.79. The van der Waals surface area contributed by atoms with Crippen LogP contribution in [0.1, 0.15) is 32.6 Å². The number of hydrogen-bond donors (Lipinski definition) is 2. The molecule has 0 radical (unpaired) electrons. The predicted molar refractivity (Wildman–Crippen MR) is 79.0 cm³/mol.